The van der Waals surface area contributed by atoms with Crippen molar-refractivity contribution in [3.05, 3.63) is 158 Å². The number of benzene rings is 8. The van der Waals surface area contributed by atoms with Crippen molar-refractivity contribution >= 4 is 98.5 Å². The highest BCUT2D eigenvalue weighted by Gasteiger charge is 2.29. The molecule has 13 aromatic rings. The van der Waals surface area contributed by atoms with E-state index >= 15 is 0 Å². The van der Waals surface area contributed by atoms with E-state index < -0.39 is 0 Å². The summed E-state index contributed by atoms with van der Waals surface area (Å²) in [5.74, 6) is 0.713. The lowest BCUT2D eigenvalue weighted by molar-refractivity contribution is 0.652. The Morgan fingerprint density at radius 3 is 1.95 bits per heavy atom. The third-order valence-corrected chi connectivity index (χ3v) is 12.1. The van der Waals surface area contributed by atoms with Gasteiger partial charge in [0.1, 0.15) is 28.0 Å². The van der Waals surface area contributed by atoms with Gasteiger partial charge in [-0.05, 0) is 82.6 Å². The van der Waals surface area contributed by atoms with Crippen LogP contribution in [0.2, 0.25) is 0 Å². The highest BCUT2D eigenvalue weighted by molar-refractivity contribution is 6.38. The van der Waals surface area contributed by atoms with Crippen molar-refractivity contribution < 1.29 is 8.83 Å². The second kappa shape index (κ2) is 10.1. The van der Waals surface area contributed by atoms with Crippen LogP contribution in [0.25, 0.3) is 132 Å². The molecule has 0 spiro atoms. The van der Waals surface area contributed by atoms with Crippen LogP contribution in [0.5, 0.6) is 0 Å². The number of nitrogens with zero attached hydrogens (tertiary/aromatic N) is 4. The van der Waals surface area contributed by atoms with Crippen molar-refractivity contribution in [1.29, 1.82) is 0 Å². The second-order valence-electron chi connectivity index (χ2n) is 14.8. The van der Waals surface area contributed by atoms with E-state index in [-0.39, 0.29) is 0 Å². The number of fused-ring (bicyclic) bond motifs is 7. The molecule has 0 fully saturated rings. The molecule has 0 saturated carbocycles. The number of aromatic nitrogens is 4. The van der Waals surface area contributed by atoms with E-state index in [1.807, 2.05) is 18.2 Å². The molecule has 0 saturated heterocycles. The minimum Gasteiger partial charge on any atom is -0.456 e. The van der Waals surface area contributed by atoms with Crippen molar-refractivity contribution in [2.75, 3.05) is 0 Å². The summed E-state index contributed by atoms with van der Waals surface area (Å²) in [5, 5.41) is 10.3. The fraction of sp³-hybridized carbons (Fsp3) is 0. The zero-order valence-electron chi connectivity index (χ0n) is 29.6. The molecule has 0 amide bonds. The molecular weight excluding hydrogens is 689 g/mol. The minimum absolute atomic E-state index is 0.504. The summed E-state index contributed by atoms with van der Waals surface area (Å²) in [6.07, 6.45) is 0. The first-order chi connectivity index (χ1) is 27.8. The van der Waals surface area contributed by atoms with Gasteiger partial charge in [0.05, 0.1) is 22.1 Å². The van der Waals surface area contributed by atoms with E-state index in [1.54, 1.807) is 0 Å². The molecule has 8 aromatic carbocycles. The minimum atomic E-state index is 0.504. The van der Waals surface area contributed by atoms with Crippen LogP contribution >= 0.6 is 0 Å². The largest absolute Gasteiger partial charge is 0.456 e. The van der Waals surface area contributed by atoms with Gasteiger partial charge in [-0.2, -0.15) is 4.98 Å². The summed E-state index contributed by atoms with van der Waals surface area (Å²) in [5.41, 5.74) is 13.4. The van der Waals surface area contributed by atoms with Crippen LogP contribution < -0.4 is 0 Å². The van der Waals surface area contributed by atoms with E-state index in [4.69, 9.17) is 18.8 Å². The van der Waals surface area contributed by atoms with E-state index in [2.05, 4.69) is 149 Å². The van der Waals surface area contributed by atoms with Crippen LogP contribution in [0.4, 0.5) is 0 Å². The van der Waals surface area contributed by atoms with Gasteiger partial charge >= 0.3 is 0 Å². The van der Waals surface area contributed by atoms with Gasteiger partial charge in [-0.1, -0.05) is 97.1 Å². The third kappa shape index (κ3) is 3.44. The monoisotopic (exact) mass is 714 g/mol. The molecule has 0 atom stereocenters. The van der Waals surface area contributed by atoms with Crippen LogP contribution in [0.1, 0.15) is 0 Å². The quantitative estimate of drug-likeness (QED) is 0.183. The summed E-state index contributed by atoms with van der Waals surface area (Å²) in [6, 6.07) is 55.7. The summed E-state index contributed by atoms with van der Waals surface area (Å²) >= 11 is 0. The molecule has 0 unspecified atom stereocenters. The van der Waals surface area contributed by atoms with Crippen molar-refractivity contribution in [3.63, 3.8) is 0 Å². The molecule has 6 heteroatoms. The van der Waals surface area contributed by atoms with Crippen molar-refractivity contribution in [2.45, 2.75) is 0 Å². The van der Waals surface area contributed by atoms with Crippen LogP contribution in [0, 0.1) is 0 Å². The molecule has 1 aliphatic carbocycles. The Morgan fingerprint density at radius 1 is 0.375 bits per heavy atom. The predicted octanol–water partition coefficient (Wildman–Crippen LogP) is 13.3. The molecule has 0 bridgehead atoms. The fourth-order valence-corrected chi connectivity index (χ4v) is 9.87. The smallest absolute Gasteiger partial charge is 0.248 e. The van der Waals surface area contributed by atoms with Crippen LogP contribution in [-0.4, -0.2) is 19.1 Å². The first kappa shape index (κ1) is 28.8. The lowest BCUT2D eigenvalue weighted by Gasteiger charge is -2.14. The lowest BCUT2D eigenvalue weighted by atomic mass is 9.95. The van der Waals surface area contributed by atoms with Gasteiger partial charge in [0.15, 0.2) is 5.82 Å². The van der Waals surface area contributed by atoms with Gasteiger partial charge in [0.2, 0.25) is 5.71 Å². The Bertz CT molecular complexity index is 3880. The molecule has 0 radical (unpaired) electrons. The topological polar surface area (TPSA) is 61.9 Å². The first-order valence-corrected chi connectivity index (χ1v) is 18.9. The van der Waals surface area contributed by atoms with Gasteiger partial charge in [0.25, 0.3) is 0 Å². The zero-order valence-corrected chi connectivity index (χ0v) is 29.6. The molecule has 5 heterocycles. The normalized spacial score (nSPS) is 12.6. The molecule has 0 N–H and O–H groups in total. The van der Waals surface area contributed by atoms with Gasteiger partial charge in [-0.3, -0.25) is 4.57 Å². The zero-order chi connectivity index (χ0) is 36.2. The van der Waals surface area contributed by atoms with E-state index in [1.165, 1.54) is 27.3 Å². The van der Waals surface area contributed by atoms with Crippen LogP contribution in [-0.2, 0) is 0 Å². The summed E-state index contributed by atoms with van der Waals surface area (Å²) < 4.78 is 17.8. The second-order valence-corrected chi connectivity index (χ2v) is 14.8. The molecule has 1 aliphatic rings. The Hall–Kier alpha value is -7.70. The number of rotatable bonds is 3. The number of hydrogen-bond donors (Lipinski definition) is 0. The molecule has 56 heavy (non-hydrogen) atoms. The average Bonchev–Trinajstić information content (AvgIpc) is 3.98. The highest BCUT2D eigenvalue weighted by Crippen LogP contribution is 2.51. The van der Waals surface area contributed by atoms with Gasteiger partial charge < -0.3 is 13.4 Å². The molecular formula is C50H26N4O2. The van der Waals surface area contributed by atoms with Gasteiger partial charge in [0, 0.05) is 49.0 Å². The lowest BCUT2D eigenvalue weighted by Crippen LogP contribution is -2.03. The van der Waals surface area contributed by atoms with Gasteiger partial charge in [-0.25, -0.2) is 4.98 Å². The number of hydrogen-bond acceptors (Lipinski definition) is 4. The molecule has 6 nitrogen and oxygen atoms in total. The predicted molar refractivity (Wildman–Crippen MR) is 227 cm³/mol. The Morgan fingerprint density at radius 2 is 1.04 bits per heavy atom. The van der Waals surface area contributed by atoms with Crippen LogP contribution in [0.3, 0.4) is 0 Å². The third-order valence-electron chi connectivity index (χ3n) is 12.1. The van der Waals surface area contributed by atoms with Crippen molar-refractivity contribution in [3.8, 4) is 33.9 Å². The van der Waals surface area contributed by atoms with E-state index in [0.717, 1.165) is 93.6 Å². The molecule has 14 rings (SSSR count). The SMILES string of the molecule is c1ccc(-n2c3ccccc3c3c(-c4nc5c(nc4-n4c6ccc7cccc8c7c6c6c7c(ccc64)oc4cccc-8c47)oc4ccccc45)cccc32)cc1. The Kier molecular flexibility index (Phi) is 5.18. The molecule has 258 valence electrons. The van der Waals surface area contributed by atoms with Crippen molar-refractivity contribution in [1.82, 2.24) is 19.1 Å². The van der Waals surface area contributed by atoms with E-state index in [0.29, 0.717) is 11.5 Å². The van der Waals surface area contributed by atoms with Crippen molar-refractivity contribution in [2.24, 2.45) is 0 Å². The fourth-order valence-electron chi connectivity index (χ4n) is 9.87. The average molecular weight is 715 g/mol. The first-order valence-electron chi connectivity index (χ1n) is 18.9. The van der Waals surface area contributed by atoms with Crippen LogP contribution in [0.15, 0.2) is 167 Å². The number of furan rings is 2. The maximum Gasteiger partial charge on any atom is 0.248 e. The Balaban J connectivity index is 1.20. The maximum atomic E-state index is 6.59. The molecule has 5 aromatic heterocycles. The standard InChI is InChI=1S/C50H26N4O2/c1-2-12-28(13-3-1)53-34-19-6-4-14-31(34)42-33(18-9-20-35(42)53)47-49(52-50-48(51-47)32-15-5-7-21-38(32)56-50)54-36-24-23-27-11-8-16-29-30-17-10-22-39-43(30)46-40(55-39)26-25-37(54)45(46)44(36)41(27)29/h1-26H. The van der Waals surface area contributed by atoms with E-state index in [9.17, 15) is 0 Å². The Labute approximate surface area is 317 Å². The summed E-state index contributed by atoms with van der Waals surface area (Å²) in [6.45, 7) is 0. The maximum absolute atomic E-state index is 6.59. The molecule has 0 aliphatic heterocycles. The van der Waals surface area contributed by atoms with Gasteiger partial charge in [-0.15, -0.1) is 0 Å². The highest BCUT2D eigenvalue weighted by atomic mass is 16.3. The number of para-hydroxylation sites is 3. The summed E-state index contributed by atoms with van der Waals surface area (Å²) in [7, 11) is 0. The summed E-state index contributed by atoms with van der Waals surface area (Å²) in [4.78, 5) is 11.1.